The van der Waals surface area contributed by atoms with Crippen LogP contribution in [0.15, 0.2) is 64.8 Å². The highest BCUT2D eigenvalue weighted by molar-refractivity contribution is 5.65. The van der Waals surface area contributed by atoms with Crippen LogP contribution in [0.3, 0.4) is 0 Å². The average Bonchev–Trinajstić information content (AvgIpc) is 3.68. The lowest BCUT2D eigenvalue weighted by molar-refractivity contribution is -0.137. The topological polar surface area (TPSA) is 98.7 Å². The van der Waals surface area contributed by atoms with Gasteiger partial charge in [0.05, 0.1) is 5.56 Å². The van der Waals surface area contributed by atoms with E-state index in [4.69, 9.17) is 0 Å². The highest BCUT2D eigenvalue weighted by atomic mass is 19.4. The van der Waals surface area contributed by atoms with Crippen LogP contribution < -0.4 is 5.69 Å². The molecule has 1 atom stereocenters. The maximum Gasteiger partial charge on any atom is 0.419 e. The largest absolute Gasteiger partial charge is 0.419 e. The van der Waals surface area contributed by atoms with Crippen LogP contribution in [0.5, 0.6) is 0 Å². The number of H-pyrrole nitrogens is 1. The maximum absolute atomic E-state index is 14.0. The molecule has 204 valence electrons. The van der Waals surface area contributed by atoms with Gasteiger partial charge in [0, 0.05) is 54.6 Å². The minimum atomic E-state index is -4.60. The Labute approximate surface area is 222 Å². The van der Waals surface area contributed by atoms with Gasteiger partial charge < -0.3 is 4.57 Å². The summed E-state index contributed by atoms with van der Waals surface area (Å²) in [4.78, 5) is 18.2. The van der Waals surface area contributed by atoms with Gasteiger partial charge in [-0.3, -0.25) is 14.1 Å². The number of hydrogen-bond acceptors (Lipinski definition) is 5. The fourth-order valence-electron chi connectivity index (χ4n) is 5.10. The third-order valence-electron chi connectivity index (χ3n) is 7.18. The number of imidazole rings is 1. The van der Waals surface area contributed by atoms with Crippen LogP contribution in [0.2, 0.25) is 0 Å². The molecule has 4 heterocycles. The predicted molar refractivity (Wildman–Crippen MR) is 141 cm³/mol. The molecule has 0 amide bonds. The zero-order valence-electron chi connectivity index (χ0n) is 21.7. The van der Waals surface area contributed by atoms with Crippen molar-refractivity contribution in [3.63, 3.8) is 0 Å². The summed E-state index contributed by atoms with van der Waals surface area (Å²) < 4.78 is 46.1. The van der Waals surface area contributed by atoms with Crippen molar-refractivity contribution in [2.24, 2.45) is 4.99 Å². The monoisotopic (exact) mass is 538 g/mol. The van der Waals surface area contributed by atoms with E-state index in [-0.39, 0.29) is 12.4 Å². The smallest absolute Gasteiger partial charge is 0.334 e. The highest BCUT2D eigenvalue weighted by Gasteiger charge is 2.38. The van der Waals surface area contributed by atoms with Gasteiger partial charge in [0.1, 0.15) is 5.82 Å². The highest BCUT2D eigenvalue weighted by Crippen LogP contribution is 2.37. The number of halogens is 3. The van der Waals surface area contributed by atoms with Crippen LogP contribution in [0.4, 0.5) is 13.2 Å². The van der Waals surface area contributed by atoms with Crippen molar-refractivity contribution >= 4 is 6.21 Å². The molecule has 0 saturated carbocycles. The summed E-state index contributed by atoms with van der Waals surface area (Å²) in [7, 11) is 0. The number of tetrazole rings is 1. The molecule has 0 fully saturated rings. The first-order chi connectivity index (χ1) is 18.8. The Morgan fingerprint density at radius 1 is 1.18 bits per heavy atom. The first-order valence-electron chi connectivity index (χ1n) is 12.9. The van der Waals surface area contributed by atoms with Crippen molar-refractivity contribution in [1.82, 2.24) is 34.3 Å². The lowest BCUT2D eigenvalue weighted by Gasteiger charge is -2.32. The molecule has 12 heteroatoms. The van der Waals surface area contributed by atoms with E-state index < -0.39 is 22.8 Å². The van der Waals surface area contributed by atoms with Crippen LogP contribution >= 0.6 is 0 Å². The summed E-state index contributed by atoms with van der Waals surface area (Å²) >= 11 is 0. The number of nitrogens with one attached hydrogen (secondary N) is 1. The summed E-state index contributed by atoms with van der Waals surface area (Å²) in [6.07, 6.45) is 6.52. The van der Waals surface area contributed by atoms with Gasteiger partial charge in [-0.2, -0.15) is 18.4 Å². The summed E-state index contributed by atoms with van der Waals surface area (Å²) in [5, 5.41) is 14.2. The number of aryl methyl sites for hydroxylation is 2. The van der Waals surface area contributed by atoms with Gasteiger partial charge in [-0.15, -0.1) is 10.2 Å². The molecule has 0 bridgehead atoms. The number of aliphatic imine (C=N–C) groups is 1. The van der Waals surface area contributed by atoms with E-state index >= 15 is 0 Å². The van der Waals surface area contributed by atoms with Crippen molar-refractivity contribution in [3.8, 4) is 17.2 Å². The van der Waals surface area contributed by atoms with Gasteiger partial charge in [-0.1, -0.05) is 37.6 Å². The van der Waals surface area contributed by atoms with Crippen molar-refractivity contribution in [3.05, 3.63) is 82.3 Å². The molecular formula is C27H29F3N8O. The Kier molecular flexibility index (Phi) is 7.11. The maximum atomic E-state index is 14.0. The van der Waals surface area contributed by atoms with Crippen LogP contribution in [-0.2, 0) is 31.1 Å². The minimum Gasteiger partial charge on any atom is -0.334 e. The molecule has 0 spiro atoms. The Balaban J connectivity index is 1.65. The number of benzene rings is 1. The Morgan fingerprint density at radius 3 is 2.69 bits per heavy atom. The standard InChI is InChI=1S/C27H29F3N8O/c1-3-5-9-21-17-37(24-22(27(28,29)30)10-15-36(24)4-2)25(39)38(21)18-26(11-13-31-14-12-26)20-8-6-7-19(16-20)23-32-34-35-33-23/h6-8,10-11,13-17H,3-5,9,12,18H2,1-2H3,(H,32,33,34,35). The zero-order chi connectivity index (χ0) is 27.6. The Morgan fingerprint density at radius 2 is 2.03 bits per heavy atom. The molecule has 1 aliphatic rings. The van der Waals surface area contributed by atoms with E-state index in [9.17, 15) is 18.0 Å². The molecule has 5 rings (SSSR count). The molecule has 1 aromatic carbocycles. The minimum absolute atomic E-state index is 0.166. The fraction of sp³-hybridized carbons (Fsp3) is 0.370. The van der Waals surface area contributed by atoms with Crippen LogP contribution in [0, 0.1) is 0 Å². The lowest BCUT2D eigenvalue weighted by Crippen LogP contribution is -2.37. The lowest BCUT2D eigenvalue weighted by atomic mass is 9.76. The molecule has 0 radical (unpaired) electrons. The van der Waals surface area contributed by atoms with Gasteiger partial charge >= 0.3 is 11.9 Å². The van der Waals surface area contributed by atoms with Crippen molar-refractivity contribution in [1.29, 1.82) is 0 Å². The zero-order valence-corrected chi connectivity index (χ0v) is 21.7. The number of unbranched alkanes of at least 4 members (excludes halogenated alkanes) is 1. The first-order valence-corrected chi connectivity index (χ1v) is 12.9. The van der Waals surface area contributed by atoms with Gasteiger partial charge in [0.2, 0.25) is 5.82 Å². The molecule has 0 aliphatic carbocycles. The van der Waals surface area contributed by atoms with E-state index in [0.29, 0.717) is 30.9 Å². The number of alkyl halides is 3. The molecule has 1 unspecified atom stereocenters. The number of aromatic amines is 1. The molecule has 4 aromatic rings. The summed E-state index contributed by atoms with van der Waals surface area (Å²) in [5.74, 6) is 0.271. The number of rotatable bonds is 9. The molecule has 1 aliphatic heterocycles. The second-order valence-electron chi connectivity index (χ2n) is 9.62. The Bertz CT molecular complexity index is 1560. The average molecular weight is 539 g/mol. The quantitative estimate of drug-likeness (QED) is 0.327. The number of hydrogen-bond donors (Lipinski definition) is 1. The number of allylic oxidation sites excluding steroid dienone is 1. The summed E-state index contributed by atoms with van der Waals surface area (Å²) in [6, 6.07) is 8.70. The van der Waals surface area contributed by atoms with E-state index in [1.165, 1.54) is 10.8 Å². The second kappa shape index (κ2) is 10.5. The summed E-state index contributed by atoms with van der Waals surface area (Å²) in [6.45, 7) is 4.31. The molecule has 39 heavy (non-hydrogen) atoms. The molecular weight excluding hydrogens is 509 g/mol. The molecule has 9 nitrogen and oxygen atoms in total. The molecule has 1 N–H and O–H groups in total. The fourth-order valence-corrected chi connectivity index (χ4v) is 5.10. The van der Waals surface area contributed by atoms with Crippen LogP contribution in [0.25, 0.3) is 17.2 Å². The van der Waals surface area contributed by atoms with E-state index in [0.717, 1.165) is 34.6 Å². The van der Waals surface area contributed by atoms with Crippen LogP contribution in [0.1, 0.15) is 49.9 Å². The van der Waals surface area contributed by atoms with Gasteiger partial charge in [0.15, 0.2) is 0 Å². The number of aromatic nitrogens is 7. The third-order valence-corrected chi connectivity index (χ3v) is 7.18. The van der Waals surface area contributed by atoms with Gasteiger partial charge in [0.25, 0.3) is 0 Å². The number of nitrogens with zero attached hydrogens (tertiary/aromatic N) is 7. The van der Waals surface area contributed by atoms with Crippen LogP contribution in [-0.4, -0.2) is 40.5 Å². The predicted octanol–water partition coefficient (Wildman–Crippen LogP) is 4.93. The van der Waals surface area contributed by atoms with E-state index in [2.05, 4.69) is 25.6 Å². The van der Waals surface area contributed by atoms with Gasteiger partial charge in [-0.05, 0) is 49.1 Å². The molecule has 3 aromatic heterocycles. The molecule has 0 saturated heterocycles. The van der Waals surface area contributed by atoms with Crippen molar-refractivity contribution < 1.29 is 13.2 Å². The van der Waals surface area contributed by atoms with Crippen molar-refractivity contribution in [2.75, 3.05) is 0 Å². The second-order valence-corrected chi connectivity index (χ2v) is 9.62. The van der Waals surface area contributed by atoms with E-state index in [1.54, 1.807) is 30.1 Å². The normalized spacial score (nSPS) is 17.3. The summed E-state index contributed by atoms with van der Waals surface area (Å²) in [5.41, 5.74) is 0.327. The van der Waals surface area contributed by atoms with Crippen molar-refractivity contribution in [2.45, 2.75) is 64.2 Å². The van der Waals surface area contributed by atoms with Gasteiger partial charge in [-0.25, -0.2) is 4.79 Å². The van der Waals surface area contributed by atoms with E-state index in [1.807, 2.05) is 37.3 Å². The first kappa shape index (κ1) is 26.4. The Hall–Kier alpha value is -4.22. The SMILES string of the molecule is CCCCc1cn(-c2c(C(F)(F)F)ccn2CC)c(=O)n1CC1(c2cccc(-c3nn[nH]n3)c2)C=CN=CC1. The third kappa shape index (κ3) is 4.98.